The first-order valence-electron chi connectivity index (χ1n) is 7.22. The van der Waals surface area contributed by atoms with E-state index < -0.39 is 0 Å². The Morgan fingerprint density at radius 1 is 1.04 bits per heavy atom. The van der Waals surface area contributed by atoms with E-state index in [0.717, 1.165) is 0 Å². The maximum atomic E-state index is 6.15. The predicted octanol–water partition coefficient (Wildman–Crippen LogP) is 4.91. The zero-order valence-electron chi connectivity index (χ0n) is 13.2. The summed E-state index contributed by atoms with van der Waals surface area (Å²) in [4.78, 5) is 8.21. The van der Waals surface area contributed by atoms with Gasteiger partial charge in [-0.15, -0.1) is 0 Å². The van der Waals surface area contributed by atoms with Crippen LogP contribution in [0.3, 0.4) is 0 Å². The highest BCUT2D eigenvalue weighted by molar-refractivity contribution is 6.35. The molecule has 25 heavy (non-hydrogen) atoms. The highest BCUT2D eigenvalue weighted by atomic mass is 35.5. The summed E-state index contributed by atoms with van der Waals surface area (Å²) in [6.07, 6.45) is 1.34. The molecule has 3 aromatic rings. The van der Waals surface area contributed by atoms with Gasteiger partial charge >= 0.3 is 0 Å². The van der Waals surface area contributed by atoms with Crippen LogP contribution in [0.1, 0.15) is 0 Å². The number of methoxy groups -OCH3 is 1. The van der Waals surface area contributed by atoms with Crippen LogP contribution in [0.25, 0.3) is 0 Å². The number of hydrogen-bond donors (Lipinski definition) is 2. The summed E-state index contributed by atoms with van der Waals surface area (Å²) >= 11 is 12.1. The molecule has 3 rings (SSSR count). The first-order chi connectivity index (χ1) is 12.1. The van der Waals surface area contributed by atoms with Crippen LogP contribution in [0, 0.1) is 0 Å². The van der Waals surface area contributed by atoms with Gasteiger partial charge in [-0.25, -0.2) is 4.98 Å². The number of halogens is 2. The average Bonchev–Trinajstić information content (AvgIpc) is 2.62. The zero-order chi connectivity index (χ0) is 17.8. The van der Waals surface area contributed by atoms with Gasteiger partial charge in [0.05, 0.1) is 17.8 Å². The second-order valence-electron chi connectivity index (χ2n) is 4.94. The Labute approximate surface area is 154 Å². The molecule has 0 aliphatic heterocycles. The van der Waals surface area contributed by atoms with Crippen molar-refractivity contribution in [3.63, 3.8) is 0 Å². The molecule has 0 saturated carbocycles. The molecule has 0 atom stereocenters. The van der Waals surface area contributed by atoms with E-state index in [9.17, 15) is 0 Å². The minimum Gasteiger partial charge on any atom is -0.493 e. The SMILES string of the molecule is COc1ccccc1Oc1ncnc(Nc2cc(Cl)ccc2Cl)c1N. The van der Waals surface area contributed by atoms with Gasteiger partial charge in [0.2, 0.25) is 5.88 Å². The van der Waals surface area contributed by atoms with Crippen molar-refractivity contribution in [2.75, 3.05) is 18.2 Å². The van der Waals surface area contributed by atoms with E-state index in [2.05, 4.69) is 15.3 Å². The molecule has 0 amide bonds. The second kappa shape index (κ2) is 7.46. The van der Waals surface area contributed by atoms with Gasteiger partial charge in [0, 0.05) is 5.02 Å². The standard InChI is InChI=1S/C17H14Cl2N4O2/c1-24-13-4-2-3-5-14(13)25-17-15(20)16(21-9-22-17)23-12-8-10(18)6-7-11(12)19/h2-9H,20H2,1H3,(H,21,22,23). The first kappa shape index (κ1) is 17.1. The Morgan fingerprint density at radius 2 is 1.80 bits per heavy atom. The van der Waals surface area contributed by atoms with Crippen molar-refractivity contribution in [1.29, 1.82) is 0 Å². The summed E-state index contributed by atoms with van der Waals surface area (Å²) in [6.45, 7) is 0. The number of benzene rings is 2. The molecule has 1 aromatic heterocycles. The number of nitrogens with two attached hydrogens (primary N) is 1. The number of nitrogens with zero attached hydrogens (tertiary/aromatic N) is 2. The van der Waals surface area contributed by atoms with Gasteiger partial charge in [0.25, 0.3) is 0 Å². The number of aromatic nitrogens is 2. The summed E-state index contributed by atoms with van der Waals surface area (Å²) in [7, 11) is 1.56. The number of para-hydroxylation sites is 2. The number of hydrogen-bond acceptors (Lipinski definition) is 6. The molecule has 2 aromatic carbocycles. The summed E-state index contributed by atoms with van der Waals surface area (Å²) in [5, 5.41) is 4.05. The molecule has 0 radical (unpaired) electrons. The Balaban J connectivity index is 1.91. The molecular weight excluding hydrogens is 363 g/mol. The lowest BCUT2D eigenvalue weighted by atomic mass is 10.3. The van der Waals surface area contributed by atoms with Crippen LogP contribution < -0.4 is 20.5 Å². The van der Waals surface area contributed by atoms with E-state index in [-0.39, 0.29) is 11.6 Å². The van der Waals surface area contributed by atoms with E-state index in [1.807, 2.05) is 12.1 Å². The number of anilines is 3. The molecule has 0 bridgehead atoms. The first-order valence-corrected chi connectivity index (χ1v) is 7.97. The number of nitrogen functional groups attached to an aromatic ring is 1. The Kier molecular flexibility index (Phi) is 5.11. The third-order valence-corrected chi connectivity index (χ3v) is 3.87. The average molecular weight is 377 g/mol. The highest BCUT2D eigenvalue weighted by Crippen LogP contribution is 2.36. The number of ether oxygens (including phenoxy) is 2. The molecule has 0 aliphatic carbocycles. The van der Waals surface area contributed by atoms with Crippen LogP contribution >= 0.6 is 23.2 Å². The molecule has 8 heteroatoms. The van der Waals surface area contributed by atoms with Crippen LogP contribution in [0.4, 0.5) is 17.2 Å². The maximum absolute atomic E-state index is 6.15. The smallest absolute Gasteiger partial charge is 0.248 e. The van der Waals surface area contributed by atoms with Crippen LogP contribution in [-0.4, -0.2) is 17.1 Å². The Hall–Kier alpha value is -2.70. The van der Waals surface area contributed by atoms with Gasteiger partial charge < -0.3 is 20.5 Å². The van der Waals surface area contributed by atoms with Gasteiger partial charge in [0.15, 0.2) is 17.3 Å². The Morgan fingerprint density at radius 3 is 2.56 bits per heavy atom. The molecule has 0 saturated heterocycles. The van der Waals surface area contributed by atoms with Crippen molar-refractivity contribution < 1.29 is 9.47 Å². The van der Waals surface area contributed by atoms with Crippen molar-refractivity contribution in [2.45, 2.75) is 0 Å². The van der Waals surface area contributed by atoms with Gasteiger partial charge in [-0.1, -0.05) is 35.3 Å². The third-order valence-electron chi connectivity index (χ3n) is 3.30. The fourth-order valence-corrected chi connectivity index (χ4v) is 2.43. The van der Waals surface area contributed by atoms with Crippen molar-refractivity contribution in [3.8, 4) is 17.4 Å². The van der Waals surface area contributed by atoms with E-state index in [4.69, 9.17) is 38.4 Å². The molecule has 3 N–H and O–H groups in total. The van der Waals surface area contributed by atoms with Gasteiger partial charge in [-0.2, -0.15) is 4.98 Å². The fraction of sp³-hybridized carbons (Fsp3) is 0.0588. The van der Waals surface area contributed by atoms with Crippen molar-refractivity contribution >= 4 is 40.4 Å². The van der Waals surface area contributed by atoms with Crippen LogP contribution in [-0.2, 0) is 0 Å². The summed E-state index contributed by atoms with van der Waals surface area (Å²) < 4.78 is 11.0. The molecule has 0 unspecified atom stereocenters. The van der Waals surface area contributed by atoms with E-state index in [1.165, 1.54) is 6.33 Å². The minimum atomic E-state index is 0.195. The van der Waals surface area contributed by atoms with Crippen molar-refractivity contribution in [1.82, 2.24) is 9.97 Å². The molecule has 128 valence electrons. The molecule has 0 spiro atoms. The van der Waals surface area contributed by atoms with Crippen molar-refractivity contribution in [3.05, 3.63) is 58.8 Å². The summed E-state index contributed by atoms with van der Waals surface area (Å²) in [5.41, 5.74) is 6.93. The minimum absolute atomic E-state index is 0.195. The van der Waals surface area contributed by atoms with Crippen LogP contribution in [0.5, 0.6) is 17.4 Å². The maximum Gasteiger partial charge on any atom is 0.248 e. The second-order valence-corrected chi connectivity index (χ2v) is 5.79. The molecule has 6 nitrogen and oxygen atoms in total. The van der Waals surface area contributed by atoms with E-state index in [1.54, 1.807) is 37.4 Å². The monoisotopic (exact) mass is 376 g/mol. The van der Waals surface area contributed by atoms with Crippen molar-refractivity contribution in [2.24, 2.45) is 0 Å². The molecule has 1 heterocycles. The number of nitrogens with one attached hydrogen (secondary N) is 1. The molecule has 0 fully saturated rings. The largest absolute Gasteiger partial charge is 0.493 e. The summed E-state index contributed by atoms with van der Waals surface area (Å²) in [5.74, 6) is 1.60. The predicted molar refractivity (Wildman–Crippen MR) is 99.3 cm³/mol. The Bertz CT molecular complexity index is 906. The third kappa shape index (κ3) is 3.87. The van der Waals surface area contributed by atoms with Crippen LogP contribution in [0.2, 0.25) is 10.0 Å². The van der Waals surface area contributed by atoms with E-state index in [0.29, 0.717) is 33.0 Å². The topological polar surface area (TPSA) is 82.3 Å². The highest BCUT2D eigenvalue weighted by Gasteiger charge is 2.14. The lowest BCUT2D eigenvalue weighted by Gasteiger charge is -2.14. The summed E-state index contributed by atoms with van der Waals surface area (Å²) in [6, 6.07) is 12.2. The normalized spacial score (nSPS) is 10.4. The molecular formula is C17H14Cl2N4O2. The lowest BCUT2D eigenvalue weighted by Crippen LogP contribution is -2.03. The quantitative estimate of drug-likeness (QED) is 0.658. The van der Waals surface area contributed by atoms with Crippen LogP contribution in [0.15, 0.2) is 48.8 Å². The van der Waals surface area contributed by atoms with E-state index >= 15 is 0 Å². The number of rotatable bonds is 5. The molecule has 0 aliphatic rings. The van der Waals surface area contributed by atoms with Gasteiger partial charge in [-0.3, -0.25) is 0 Å². The fourth-order valence-electron chi connectivity index (χ4n) is 2.09. The van der Waals surface area contributed by atoms with Gasteiger partial charge in [0.1, 0.15) is 12.0 Å². The van der Waals surface area contributed by atoms with Gasteiger partial charge in [-0.05, 0) is 30.3 Å². The zero-order valence-corrected chi connectivity index (χ0v) is 14.7. The lowest BCUT2D eigenvalue weighted by molar-refractivity contribution is 0.374.